The minimum Gasteiger partial charge on any atom is -0.452 e. The number of anilines is 1. The molecule has 0 unspecified atom stereocenters. The topological polar surface area (TPSA) is 55.8 Å². The largest absolute Gasteiger partial charge is 0.452 e. The number of halogens is 1. The molecule has 0 aliphatic carbocycles. The third-order valence-corrected chi connectivity index (χ3v) is 4.96. The summed E-state index contributed by atoms with van der Waals surface area (Å²) in [5.74, 6) is -1.06. The number of aryl methyl sites for hydroxylation is 1. The maximum atomic E-state index is 13.8. The first-order valence-electron chi connectivity index (χ1n) is 9.66. The van der Waals surface area contributed by atoms with Gasteiger partial charge in [-0.1, -0.05) is 24.3 Å². The number of benzene rings is 3. The van der Waals surface area contributed by atoms with E-state index in [1.54, 1.807) is 25.1 Å². The molecule has 31 heavy (non-hydrogen) atoms. The number of fused-ring (bicyclic) bond motifs is 1. The highest BCUT2D eigenvalue weighted by atomic mass is 19.1. The van der Waals surface area contributed by atoms with E-state index < -0.39 is 11.8 Å². The van der Waals surface area contributed by atoms with E-state index in [2.05, 4.69) is 0 Å². The summed E-state index contributed by atoms with van der Waals surface area (Å²) in [4.78, 5) is 27.1. The highest BCUT2D eigenvalue weighted by Crippen LogP contribution is 2.37. The summed E-state index contributed by atoms with van der Waals surface area (Å²) in [7, 11) is 3.90. The molecule has 3 aromatic carbocycles. The van der Waals surface area contributed by atoms with Crippen molar-refractivity contribution in [3.05, 3.63) is 94.5 Å². The van der Waals surface area contributed by atoms with Crippen molar-refractivity contribution in [3.8, 4) is 11.5 Å². The molecule has 0 amide bonds. The van der Waals surface area contributed by atoms with E-state index in [0.29, 0.717) is 16.9 Å². The lowest BCUT2D eigenvalue weighted by Crippen LogP contribution is -2.10. The standard InChI is InChI=1S/C25H20FNO4/c1-15-12-18(30-25(29)19-6-4-5-7-20(19)26)14-21-23(15)24(28)22(31-21)13-16-8-10-17(11-9-16)27(2)3/h4-14H,1-3H3/b22-13-. The van der Waals surface area contributed by atoms with Gasteiger partial charge < -0.3 is 14.4 Å². The summed E-state index contributed by atoms with van der Waals surface area (Å²) in [6.45, 7) is 1.73. The van der Waals surface area contributed by atoms with Crippen molar-refractivity contribution in [3.63, 3.8) is 0 Å². The fourth-order valence-corrected chi connectivity index (χ4v) is 3.35. The third kappa shape index (κ3) is 4.05. The van der Waals surface area contributed by atoms with Crippen molar-refractivity contribution in [1.82, 2.24) is 0 Å². The molecule has 1 aliphatic rings. The predicted molar refractivity (Wildman–Crippen MR) is 116 cm³/mol. The second-order valence-electron chi connectivity index (χ2n) is 7.41. The number of hydrogen-bond donors (Lipinski definition) is 0. The smallest absolute Gasteiger partial charge is 0.346 e. The molecule has 5 nitrogen and oxygen atoms in total. The summed E-state index contributed by atoms with van der Waals surface area (Å²) in [6, 6.07) is 16.3. The highest BCUT2D eigenvalue weighted by Gasteiger charge is 2.30. The van der Waals surface area contributed by atoms with Gasteiger partial charge in [-0.15, -0.1) is 0 Å². The number of rotatable bonds is 4. The van der Waals surface area contributed by atoms with E-state index in [1.165, 1.54) is 24.3 Å². The first-order chi connectivity index (χ1) is 14.8. The number of Topliss-reactive ketones (excluding diaryl/α,β-unsaturated/α-hetero) is 1. The molecule has 0 atom stereocenters. The van der Waals surface area contributed by atoms with Crippen LogP contribution in [0.1, 0.15) is 31.8 Å². The van der Waals surface area contributed by atoms with Crippen LogP contribution in [0.15, 0.2) is 66.4 Å². The zero-order valence-electron chi connectivity index (χ0n) is 17.3. The van der Waals surface area contributed by atoms with Crippen LogP contribution in [0.4, 0.5) is 10.1 Å². The number of allylic oxidation sites excluding steroid dienone is 1. The minimum atomic E-state index is -0.821. The molecule has 1 aliphatic heterocycles. The van der Waals surface area contributed by atoms with E-state index in [4.69, 9.17) is 9.47 Å². The maximum absolute atomic E-state index is 13.8. The van der Waals surface area contributed by atoms with Crippen LogP contribution in [0.2, 0.25) is 0 Å². The molecule has 0 bridgehead atoms. The van der Waals surface area contributed by atoms with Crippen LogP contribution in [0.5, 0.6) is 11.5 Å². The third-order valence-electron chi connectivity index (χ3n) is 4.96. The molecule has 156 valence electrons. The van der Waals surface area contributed by atoms with Gasteiger partial charge in [-0.25, -0.2) is 9.18 Å². The van der Waals surface area contributed by atoms with Gasteiger partial charge in [0.25, 0.3) is 0 Å². The van der Waals surface area contributed by atoms with E-state index in [-0.39, 0.29) is 22.9 Å². The fourth-order valence-electron chi connectivity index (χ4n) is 3.35. The van der Waals surface area contributed by atoms with Gasteiger partial charge in [-0.05, 0) is 54.5 Å². The quantitative estimate of drug-likeness (QED) is 0.338. The summed E-state index contributed by atoms with van der Waals surface area (Å²) < 4.78 is 24.9. The lowest BCUT2D eigenvalue weighted by Gasteiger charge is -2.11. The van der Waals surface area contributed by atoms with Gasteiger partial charge in [-0.3, -0.25) is 4.79 Å². The molecule has 0 saturated heterocycles. The van der Waals surface area contributed by atoms with Crippen LogP contribution in [-0.2, 0) is 0 Å². The van der Waals surface area contributed by atoms with Crippen molar-refractivity contribution >= 4 is 23.5 Å². The Hall–Kier alpha value is -3.93. The first kappa shape index (κ1) is 20.3. The van der Waals surface area contributed by atoms with Crippen molar-refractivity contribution in [2.75, 3.05) is 19.0 Å². The molecule has 4 rings (SSSR count). The van der Waals surface area contributed by atoms with E-state index in [9.17, 15) is 14.0 Å². The van der Waals surface area contributed by atoms with Gasteiger partial charge in [0, 0.05) is 25.8 Å². The molecular weight excluding hydrogens is 397 g/mol. The SMILES string of the molecule is Cc1cc(OC(=O)c2ccccc2F)cc2c1C(=O)/C(=C/c1ccc(N(C)C)cc1)O2. The van der Waals surface area contributed by atoms with Gasteiger partial charge >= 0.3 is 5.97 Å². The average molecular weight is 417 g/mol. The van der Waals surface area contributed by atoms with Crippen molar-refractivity contribution in [2.24, 2.45) is 0 Å². The van der Waals surface area contributed by atoms with Crippen molar-refractivity contribution < 1.29 is 23.5 Å². The molecule has 0 N–H and O–H groups in total. The van der Waals surface area contributed by atoms with Crippen LogP contribution in [-0.4, -0.2) is 25.8 Å². The van der Waals surface area contributed by atoms with Crippen molar-refractivity contribution in [1.29, 1.82) is 0 Å². The van der Waals surface area contributed by atoms with Gasteiger partial charge in [-0.2, -0.15) is 0 Å². The maximum Gasteiger partial charge on any atom is 0.346 e. The number of ether oxygens (including phenoxy) is 2. The second kappa shape index (κ2) is 8.07. The molecule has 0 aromatic heterocycles. The van der Waals surface area contributed by atoms with Crippen LogP contribution >= 0.6 is 0 Å². The molecule has 3 aromatic rings. The summed E-state index contributed by atoms with van der Waals surface area (Å²) in [5, 5.41) is 0. The zero-order chi connectivity index (χ0) is 22.1. The number of carbonyl (C=O) groups is 2. The molecule has 0 radical (unpaired) electrons. The Morgan fingerprint density at radius 2 is 1.77 bits per heavy atom. The molecular formula is C25H20FNO4. The minimum absolute atomic E-state index is 0.167. The normalized spacial score (nSPS) is 13.7. The number of hydrogen-bond acceptors (Lipinski definition) is 5. The number of nitrogens with zero attached hydrogens (tertiary/aromatic N) is 1. The number of ketones is 1. The Labute approximate surface area is 179 Å². The molecule has 1 heterocycles. The Kier molecular flexibility index (Phi) is 5.29. The van der Waals surface area contributed by atoms with Gasteiger partial charge in [0.05, 0.1) is 11.1 Å². The van der Waals surface area contributed by atoms with Crippen LogP contribution in [0.3, 0.4) is 0 Å². The van der Waals surface area contributed by atoms with Gasteiger partial charge in [0.2, 0.25) is 5.78 Å². The molecule has 6 heteroatoms. The van der Waals surface area contributed by atoms with E-state index >= 15 is 0 Å². The Bertz CT molecular complexity index is 1210. The molecule has 0 saturated carbocycles. The van der Waals surface area contributed by atoms with Crippen molar-refractivity contribution in [2.45, 2.75) is 6.92 Å². The Morgan fingerprint density at radius 1 is 1.06 bits per heavy atom. The predicted octanol–water partition coefficient (Wildman–Crippen LogP) is 5.04. The lowest BCUT2D eigenvalue weighted by atomic mass is 10.0. The van der Waals surface area contributed by atoms with Crippen LogP contribution in [0, 0.1) is 12.7 Å². The zero-order valence-corrected chi connectivity index (χ0v) is 17.3. The van der Waals surface area contributed by atoms with Gasteiger partial charge in [0.15, 0.2) is 5.76 Å². The monoisotopic (exact) mass is 417 g/mol. The number of carbonyl (C=O) groups excluding carboxylic acids is 2. The highest BCUT2D eigenvalue weighted by molar-refractivity contribution is 6.15. The van der Waals surface area contributed by atoms with E-state index in [1.807, 2.05) is 43.3 Å². The summed E-state index contributed by atoms with van der Waals surface area (Å²) in [6.07, 6.45) is 1.67. The van der Waals surface area contributed by atoms with Gasteiger partial charge in [0.1, 0.15) is 17.3 Å². The molecule has 0 fully saturated rings. The van der Waals surface area contributed by atoms with E-state index in [0.717, 1.165) is 11.3 Å². The Morgan fingerprint density at radius 3 is 2.45 bits per heavy atom. The summed E-state index contributed by atoms with van der Waals surface area (Å²) in [5.41, 5.74) is 2.72. The Balaban J connectivity index is 1.59. The number of esters is 1. The summed E-state index contributed by atoms with van der Waals surface area (Å²) >= 11 is 0. The molecule has 0 spiro atoms. The second-order valence-corrected chi connectivity index (χ2v) is 7.41. The average Bonchev–Trinajstić information content (AvgIpc) is 3.04. The first-order valence-corrected chi connectivity index (χ1v) is 9.66. The lowest BCUT2D eigenvalue weighted by molar-refractivity contribution is 0.0729. The fraction of sp³-hybridized carbons (Fsp3) is 0.120. The van der Waals surface area contributed by atoms with Crippen LogP contribution < -0.4 is 14.4 Å². The van der Waals surface area contributed by atoms with Crippen LogP contribution in [0.25, 0.3) is 6.08 Å².